The molecule has 3 nitrogen and oxygen atoms in total. The highest BCUT2D eigenvalue weighted by Crippen LogP contribution is 2.22. The Labute approximate surface area is 124 Å². The summed E-state index contributed by atoms with van der Waals surface area (Å²) in [6.45, 7) is 3.12. The molecule has 1 heterocycles. The fraction of sp³-hybridized carbons (Fsp3) is 0.353. The lowest BCUT2D eigenvalue weighted by Gasteiger charge is -2.12. The van der Waals surface area contributed by atoms with Gasteiger partial charge in [-0.05, 0) is 49.6 Å². The first kappa shape index (κ1) is 14.0. The Bertz CT molecular complexity index is 609. The molecule has 0 aliphatic heterocycles. The molecular formula is C17H19FN2O. The highest BCUT2D eigenvalue weighted by atomic mass is 19.1. The molecule has 1 saturated carbocycles. The van der Waals surface area contributed by atoms with Gasteiger partial charge in [0, 0.05) is 18.3 Å². The van der Waals surface area contributed by atoms with Gasteiger partial charge in [-0.1, -0.05) is 12.1 Å². The summed E-state index contributed by atoms with van der Waals surface area (Å²) in [7, 11) is 0. The van der Waals surface area contributed by atoms with Gasteiger partial charge >= 0.3 is 0 Å². The lowest BCUT2D eigenvalue weighted by Crippen LogP contribution is -2.17. The maximum absolute atomic E-state index is 12.9. The Balaban J connectivity index is 1.66. The van der Waals surface area contributed by atoms with Crippen molar-refractivity contribution < 1.29 is 9.13 Å². The van der Waals surface area contributed by atoms with Crippen LogP contribution in [0.25, 0.3) is 0 Å². The van der Waals surface area contributed by atoms with E-state index in [4.69, 9.17) is 4.74 Å². The van der Waals surface area contributed by atoms with Crippen molar-refractivity contribution in [1.82, 2.24) is 10.3 Å². The molecule has 3 rings (SSSR count). The molecule has 0 atom stereocenters. The summed E-state index contributed by atoms with van der Waals surface area (Å²) in [5.74, 6) is 0.558. The molecule has 4 heteroatoms. The summed E-state index contributed by atoms with van der Waals surface area (Å²) < 4.78 is 18.7. The van der Waals surface area contributed by atoms with Gasteiger partial charge in [0.2, 0.25) is 0 Å². The predicted octanol–water partition coefficient (Wildman–Crippen LogP) is 3.36. The third kappa shape index (κ3) is 4.02. The summed E-state index contributed by atoms with van der Waals surface area (Å²) in [6.07, 6.45) is 2.50. The van der Waals surface area contributed by atoms with Crippen molar-refractivity contribution >= 4 is 0 Å². The molecule has 1 aliphatic carbocycles. The standard InChI is InChI=1S/C17H19FN2O/c1-12-2-9-17(16(20-12)10-19-15-7-8-15)21-11-13-3-5-14(18)6-4-13/h2-6,9,15,19H,7-8,10-11H2,1H3. The molecule has 1 aliphatic rings. The zero-order valence-electron chi connectivity index (χ0n) is 12.1. The Morgan fingerprint density at radius 3 is 2.67 bits per heavy atom. The van der Waals surface area contributed by atoms with Gasteiger partial charge in [0.25, 0.3) is 0 Å². The number of aromatic nitrogens is 1. The second-order valence-electron chi connectivity index (χ2n) is 5.47. The van der Waals surface area contributed by atoms with Crippen LogP contribution in [0.4, 0.5) is 4.39 Å². The van der Waals surface area contributed by atoms with Crippen LogP contribution in [0, 0.1) is 12.7 Å². The maximum Gasteiger partial charge on any atom is 0.142 e. The molecule has 1 N–H and O–H groups in total. The van der Waals surface area contributed by atoms with Crippen LogP contribution in [0.3, 0.4) is 0 Å². The molecule has 0 radical (unpaired) electrons. The van der Waals surface area contributed by atoms with Gasteiger partial charge in [0.15, 0.2) is 0 Å². The fourth-order valence-corrected chi connectivity index (χ4v) is 2.13. The summed E-state index contributed by atoms with van der Waals surface area (Å²) in [5.41, 5.74) is 2.86. The molecule has 1 aromatic carbocycles. The van der Waals surface area contributed by atoms with Gasteiger partial charge in [0.1, 0.15) is 18.2 Å². The van der Waals surface area contributed by atoms with Crippen LogP contribution in [0.2, 0.25) is 0 Å². The average Bonchev–Trinajstić information content (AvgIpc) is 3.30. The summed E-state index contributed by atoms with van der Waals surface area (Å²) in [4.78, 5) is 4.55. The second kappa shape index (κ2) is 6.22. The largest absolute Gasteiger partial charge is 0.487 e. The number of aryl methyl sites for hydroxylation is 1. The van der Waals surface area contributed by atoms with Gasteiger partial charge in [-0.25, -0.2) is 4.39 Å². The lowest BCUT2D eigenvalue weighted by molar-refractivity contribution is 0.300. The monoisotopic (exact) mass is 286 g/mol. The first-order chi connectivity index (χ1) is 10.2. The molecule has 0 amide bonds. The molecule has 0 spiro atoms. The van der Waals surface area contributed by atoms with Crippen molar-refractivity contribution in [1.29, 1.82) is 0 Å². The number of nitrogens with zero attached hydrogens (tertiary/aromatic N) is 1. The molecule has 2 aromatic rings. The highest BCUT2D eigenvalue weighted by Gasteiger charge is 2.21. The van der Waals surface area contributed by atoms with Crippen LogP contribution in [-0.2, 0) is 13.2 Å². The first-order valence-electron chi connectivity index (χ1n) is 7.28. The molecule has 1 aromatic heterocycles. The number of halogens is 1. The second-order valence-corrected chi connectivity index (χ2v) is 5.47. The van der Waals surface area contributed by atoms with Gasteiger partial charge in [-0.3, -0.25) is 4.98 Å². The van der Waals surface area contributed by atoms with Gasteiger partial charge < -0.3 is 10.1 Å². The SMILES string of the molecule is Cc1ccc(OCc2ccc(F)cc2)c(CNC2CC2)n1. The smallest absolute Gasteiger partial charge is 0.142 e. The van der Waals surface area contributed by atoms with E-state index in [-0.39, 0.29) is 5.82 Å². The zero-order chi connectivity index (χ0) is 14.7. The van der Waals surface area contributed by atoms with Crippen molar-refractivity contribution in [3.8, 4) is 5.75 Å². The maximum atomic E-state index is 12.9. The van der Waals surface area contributed by atoms with Crippen LogP contribution in [0.1, 0.15) is 29.8 Å². The van der Waals surface area contributed by atoms with Crippen molar-refractivity contribution in [2.24, 2.45) is 0 Å². The molecule has 0 bridgehead atoms. The minimum Gasteiger partial charge on any atom is -0.487 e. The van der Waals surface area contributed by atoms with Crippen LogP contribution in [0.5, 0.6) is 5.75 Å². The van der Waals surface area contributed by atoms with E-state index in [0.29, 0.717) is 12.6 Å². The van der Waals surface area contributed by atoms with Crippen LogP contribution in [-0.4, -0.2) is 11.0 Å². The quantitative estimate of drug-likeness (QED) is 0.884. The van der Waals surface area contributed by atoms with Crippen molar-refractivity contribution in [3.63, 3.8) is 0 Å². The molecule has 0 unspecified atom stereocenters. The van der Waals surface area contributed by atoms with Crippen LogP contribution in [0.15, 0.2) is 36.4 Å². The Hall–Kier alpha value is -1.94. The van der Waals surface area contributed by atoms with Crippen molar-refractivity contribution in [2.45, 2.75) is 39.0 Å². The molecule has 0 saturated heterocycles. The lowest BCUT2D eigenvalue weighted by atomic mass is 10.2. The van der Waals surface area contributed by atoms with Crippen molar-refractivity contribution in [2.75, 3.05) is 0 Å². The molecule has 21 heavy (non-hydrogen) atoms. The number of rotatable bonds is 6. The number of ether oxygens (including phenoxy) is 1. The van der Waals surface area contributed by atoms with E-state index in [2.05, 4.69) is 10.3 Å². The van der Waals surface area contributed by atoms with Gasteiger partial charge in [-0.2, -0.15) is 0 Å². The Morgan fingerprint density at radius 2 is 1.95 bits per heavy atom. The topological polar surface area (TPSA) is 34.1 Å². The summed E-state index contributed by atoms with van der Waals surface area (Å²) >= 11 is 0. The molecule has 1 fully saturated rings. The predicted molar refractivity (Wildman–Crippen MR) is 79.6 cm³/mol. The van der Waals surface area contributed by atoms with E-state index in [1.165, 1.54) is 25.0 Å². The number of hydrogen-bond donors (Lipinski definition) is 1. The number of pyridine rings is 1. The Morgan fingerprint density at radius 1 is 1.19 bits per heavy atom. The first-order valence-corrected chi connectivity index (χ1v) is 7.28. The Kier molecular flexibility index (Phi) is 4.15. The molecular weight excluding hydrogens is 267 g/mol. The normalized spacial score (nSPS) is 14.2. The minimum atomic E-state index is -0.231. The van der Waals surface area contributed by atoms with E-state index in [0.717, 1.165) is 29.2 Å². The number of benzene rings is 1. The van der Waals surface area contributed by atoms with Gasteiger partial charge in [0.05, 0.1) is 5.69 Å². The third-order valence-corrected chi connectivity index (χ3v) is 3.51. The highest BCUT2D eigenvalue weighted by molar-refractivity contribution is 5.30. The summed E-state index contributed by atoms with van der Waals surface area (Å²) in [5, 5.41) is 3.45. The van der Waals surface area contributed by atoms with Crippen molar-refractivity contribution in [3.05, 3.63) is 59.2 Å². The molecule has 110 valence electrons. The number of nitrogens with one attached hydrogen (secondary N) is 1. The van der Waals surface area contributed by atoms with E-state index >= 15 is 0 Å². The van der Waals surface area contributed by atoms with E-state index in [1.807, 2.05) is 19.1 Å². The van der Waals surface area contributed by atoms with Crippen LogP contribution >= 0.6 is 0 Å². The van der Waals surface area contributed by atoms with Crippen LogP contribution < -0.4 is 10.1 Å². The fourth-order valence-electron chi connectivity index (χ4n) is 2.13. The third-order valence-electron chi connectivity index (χ3n) is 3.51. The van der Waals surface area contributed by atoms with E-state index in [9.17, 15) is 4.39 Å². The summed E-state index contributed by atoms with van der Waals surface area (Å²) in [6, 6.07) is 10.9. The van der Waals surface area contributed by atoms with E-state index in [1.54, 1.807) is 12.1 Å². The van der Waals surface area contributed by atoms with E-state index < -0.39 is 0 Å². The minimum absolute atomic E-state index is 0.231. The number of hydrogen-bond acceptors (Lipinski definition) is 3. The van der Waals surface area contributed by atoms with Gasteiger partial charge in [-0.15, -0.1) is 0 Å². The average molecular weight is 286 g/mol. The zero-order valence-corrected chi connectivity index (χ0v) is 12.1.